The van der Waals surface area contributed by atoms with Gasteiger partial charge in [0.2, 0.25) is 0 Å². The van der Waals surface area contributed by atoms with Gasteiger partial charge in [-0.15, -0.1) is 0 Å². The van der Waals surface area contributed by atoms with Crippen LogP contribution in [0, 0.1) is 5.92 Å². The number of hydrogen-bond donors (Lipinski definition) is 1. The Labute approximate surface area is 123 Å². The first kappa shape index (κ1) is 12.8. The van der Waals surface area contributed by atoms with Gasteiger partial charge >= 0.3 is 0 Å². The van der Waals surface area contributed by atoms with Crippen molar-refractivity contribution in [2.45, 2.75) is 31.8 Å². The molecule has 5 rings (SSSR count). The van der Waals surface area contributed by atoms with Crippen LogP contribution in [0.5, 0.6) is 0 Å². The summed E-state index contributed by atoms with van der Waals surface area (Å²) in [6.07, 6.45) is 5.74. The summed E-state index contributed by atoms with van der Waals surface area (Å²) >= 11 is 0. The molecular formula is C16H19N3O2. The predicted molar refractivity (Wildman–Crippen MR) is 79.0 cm³/mol. The molecule has 2 atom stereocenters. The van der Waals surface area contributed by atoms with Gasteiger partial charge in [-0.3, -0.25) is 14.7 Å². The Kier molecular flexibility index (Phi) is 2.96. The zero-order valence-electron chi connectivity index (χ0n) is 12.1. The van der Waals surface area contributed by atoms with Gasteiger partial charge in [0.25, 0.3) is 5.91 Å². The van der Waals surface area contributed by atoms with Gasteiger partial charge in [-0.2, -0.15) is 0 Å². The van der Waals surface area contributed by atoms with Gasteiger partial charge in [0.05, 0.1) is 0 Å². The molecule has 5 heterocycles. The van der Waals surface area contributed by atoms with Crippen LogP contribution in [0.25, 0.3) is 11.0 Å². The maximum Gasteiger partial charge on any atom is 0.287 e. The predicted octanol–water partition coefficient (Wildman–Crippen LogP) is 2.04. The highest BCUT2D eigenvalue weighted by atomic mass is 16.3. The third kappa shape index (κ3) is 2.12. The Balaban J connectivity index is 1.55. The van der Waals surface area contributed by atoms with E-state index in [9.17, 15) is 4.79 Å². The second kappa shape index (κ2) is 4.84. The molecule has 3 saturated heterocycles. The fraction of sp³-hybridized carbons (Fsp3) is 0.500. The van der Waals surface area contributed by atoms with Gasteiger partial charge in [0, 0.05) is 29.9 Å². The number of pyridine rings is 1. The van der Waals surface area contributed by atoms with E-state index in [0.29, 0.717) is 23.3 Å². The first-order valence-electron chi connectivity index (χ1n) is 7.61. The fourth-order valence-corrected chi connectivity index (χ4v) is 3.76. The van der Waals surface area contributed by atoms with Gasteiger partial charge in [-0.1, -0.05) is 0 Å². The van der Waals surface area contributed by atoms with Crippen molar-refractivity contribution in [1.29, 1.82) is 0 Å². The first-order chi connectivity index (χ1) is 10.2. The van der Waals surface area contributed by atoms with Crippen molar-refractivity contribution >= 4 is 16.9 Å². The van der Waals surface area contributed by atoms with Crippen molar-refractivity contribution < 1.29 is 9.21 Å². The maximum absolute atomic E-state index is 12.5. The molecule has 1 amide bonds. The van der Waals surface area contributed by atoms with Crippen molar-refractivity contribution in [3.63, 3.8) is 0 Å². The third-order valence-electron chi connectivity index (χ3n) is 5.02. The Morgan fingerprint density at radius 1 is 1.43 bits per heavy atom. The van der Waals surface area contributed by atoms with Crippen molar-refractivity contribution in [3.8, 4) is 0 Å². The van der Waals surface area contributed by atoms with Crippen LogP contribution in [0.4, 0.5) is 0 Å². The molecule has 110 valence electrons. The largest absolute Gasteiger partial charge is 0.451 e. The zero-order chi connectivity index (χ0) is 14.4. The number of nitrogens with one attached hydrogen (secondary N) is 1. The molecular weight excluding hydrogens is 266 g/mol. The van der Waals surface area contributed by atoms with Crippen LogP contribution in [-0.4, -0.2) is 41.0 Å². The Morgan fingerprint density at radius 3 is 2.95 bits per heavy atom. The van der Waals surface area contributed by atoms with E-state index >= 15 is 0 Å². The number of piperidine rings is 3. The Hall–Kier alpha value is -1.88. The van der Waals surface area contributed by atoms with Crippen LogP contribution >= 0.6 is 0 Å². The average Bonchev–Trinajstić information content (AvgIpc) is 2.95. The van der Waals surface area contributed by atoms with Crippen molar-refractivity contribution in [1.82, 2.24) is 15.2 Å². The summed E-state index contributed by atoms with van der Waals surface area (Å²) in [6, 6.07) is 4.19. The molecule has 5 heteroatoms. The van der Waals surface area contributed by atoms with E-state index in [1.54, 1.807) is 24.5 Å². The molecule has 2 aromatic rings. The molecule has 0 aromatic carbocycles. The molecule has 2 bridgehead atoms. The topological polar surface area (TPSA) is 58.4 Å². The molecule has 0 radical (unpaired) electrons. The summed E-state index contributed by atoms with van der Waals surface area (Å²) in [4.78, 5) is 19.0. The second-order valence-corrected chi connectivity index (χ2v) is 6.14. The van der Waals surface area contributed by atoms with Crippen molar-refractivity contribution in [2.75, 3.05) is 13.1 Å². The lowest BCUT2D eigenvalue weighted by Crippen LogP contribution is -2.62. The Morgan fingerprint density at radius 2 is 2.24 bits per heavy atom. The van der Waals surface area contributed by atoms with Crippen LogP contribution in [0.3, 0.4) is 0 Å². The van der Waals surface area contributed by atoms with Gasteiger partial charge in [-0.05, 0) is 50.9 Å². The number of furan rings is 1. The molecule has 0 spiro atoms. The average molecular weight is 285 g/mol. The number of carbonyl (C=O) groups excluding carboxylic acids is 1. The van der Waals surface area contributed by atoms with E-state index in [1.165, 1.54) is 12.8 Å². The molecule has 3 fully saturated rings. The molecule has 1 N–H and O–H groups in total. The Bertz CT molecular complexity index is 638. The number of nitrogens with zero attached hydrogens (tertiary/aromatic N) is 2. The second-order valence-electron chi connectivity index (χ2n) is 6.14. The van der Waals surface area contributed by atoms with Crippen LogP contribution in [0.15, 0.2) is 28.9 Å². The fourth-order valence-electron chi connectivity index (χ4n) is 3.76. The lowest BCUT2D eigenvalue weighted by molar-refractivity contribution is 0.0212. The van der Waals surface area contributed by atoms with Crippen LogP contribution in [0.1, 0.15) is 30.3 Å². The number of aromatic nitrogens is 1. The van der Waals surface area contributed by atoms with E-state index in [1.807, 2.05) is 0 Å². The molecule has 21 heavy (non-hydrogen) atoms. The van der Waals surface area contributed by atoms with Crippen LogP contribution in [0.2, 0.25) is 0 Å². The highest BCUT2D eigenvalue weighted by Gasteiger charge is 2.40. The number of hydrogen-bond acceptors (Lipinski definition) is 4. The number of carbonyl (C=O) groups is 1. The van der Waals surface area contributed by atoms with Gasteiger partial charge in [0.1, 0.15) is 5.58 Å². The van der Waals surface area contributed by atoms with Crippen molar-refractivity contribution in [3.05, 3.63) is 30.3 Å². The third-order valence-corrected chi connectivity index (χ3v) is 5.02. The van der Waals surface area contributed by atoms with Crippen molar-refractivity contribution in [2.24, 2.45) is 5.92 Å². The van der Waals surface area contributed by atoms with E-state index in [0.717, 1.165) is 18.5 Å². The number of amides is 1. The van der Waals surface area contributed by atoms with Crippen LogP contribution in [-0.2, 0) is 0 Å². The van der Waals surface area contributed by atoms with E-state index in [-0.39, 0.29) is 11.9 Å². The highest BCUT2D eigenvalue weighted by Crippen LogP contribution is 2.32. The molecule has 2 aromatic heterocycles. The molecule has 5 nitrogen and oxygen atoms in total. The van der Waals surface area contributed by atoms with Gasteiger partial charge in [-0.25, -0.2) is 0 Å². The lowest BCUT2D eigenvalue weighted by Gasteiger charge is -2.49. The van der Waals surface area contributed by atoms with E-state index in [2.05, 4.69) is 22.1 Å². The number of fused-ring (bicyclic) bond motifs is 4. The maximum atomic E-state index is 12.5. The normalized spacial score (nSPS) is 31.5. The summed E-state index contributed by atoms with van der Waals surface area (Å²) in [5, 5.41) is 4.05. The minimum atomic E-state index is -0.114. The summed E-state index contributed by atoms with van der Waals surface area (Å²) in [6.45, 7) is 4.53. The molecule has 2 unspecified atom stereocenters. The van der Waals surface area contributed by atoms with Gasteiger partial charge in [0.15, 0.2) is 5.76 Å². The molecule has 3 aliphatic rings. The minimum absolute atomic E-state index is 0.114. The smallest absolute Gasteiger partial charge is 0.287 e. The summed E-state index contributed by atoms with van der Waals surface area (Å²) in [5.41, 5.74) is 0.706. The van der Waals surface area contributed by atoms with Gasteiger partial charge < -0.3 is 9.73 Å². The summed E-state index contributed by atoms with van der Waals surface area (Å²) in [5.74, 6) is 0.860. The zero-order valence-corrected chi connectivity index (χ0v) is 12.1. The standard InChI is InChI=1S/C16H19N3O2/c1-10-15(11-3-6-19(10)7-4-11)18-16(20)14-8-12-9-17-5-2-13(12)21-14/h2,5,8-11,15H,3-4,6-7H2,1H3,(H,18,20). The molecule has 0 aliphatic carbocycles. The minimum Gasteiger partial charge on any atom is -0.451 e. The lowest BCUT2D eigenvalue weighted by atomic mass is 9.79. The summed E-state index contributed by atoms with van der Waals surface area (Å²) < 4.78 is 5.62. The summed E-state index contributed by atoms with van der Waals surface area (Å²) in [7, 11) is 0. The molecule has 3 aliphatic heterocycles. The van der Waals surface area contributed by atoms with E-state index < -0.39 is 0 Å². The van der Waals surface area contributed by atoms with Crippen LogP contribution < -0.4 is 5.32 Å². The highest BCUT2D eigenvalue weighted by molar-refractivity contribution is 5.96. The van der Waals surface area contributed by atoms with E-state index in [4.69, 9.17) is 4.42 Å². The molecule has 0 saturated carbocycles. The first-order valence-corrected chi connectivity index (χ1v) is 7.61. The monoisotopic (exact) mass is 285 g/mol. The quantitative estimate of drug-likeness (QED) is 0.917. The SMILES string of the molecule is CC1C(NC(=O)c2cc3cnccc3o2)C2CCN1CC2. The number of rotatable bonds is 2.